The van der Waals surface area contributed by atoms with Crippen LogP contribution in [-0.4, -0.2) is 40.5 Å². The number of sulfonamides is 2. The minimum absolute atomic E-state index is 0.0313. The van der Waals surface area contributed by atoms with Gasteiger partial charge in [0, 0.05) is 6.54 Å². The van der Waals surface area contributed by atoms with Gasteiger partial charge >= 0.3 is 5.97 Å². The van der Waals surface area contributed by atoms with E-state index in [1.165, 1.54) is 24.3 Å². The highest BCUT2D eigenvalue weighted by molar-refractivity contribution is 7.89. The summed E-state index contributed by atoms with van der Waals surface area (Å²) < 4.78 is 55.1. The van der Waals surface area contributed by atoms with Crippen LogP contribution in [0.5, 0.6) is 0 Å². The number of hydrogen-bond donors (Lipinski definition) is 3. The molecule has 35 heavy (non-hydrogen) atoms. The van der Waals surface area contributed by atoms with Crippen molar-refractivity contribution in [3.63, 3.8) is 0 Å². The molecule has 0 saturated carbocycles. The summed E-state index contributed by atoms with van der Waals surface area (Å²) in [7, 11) is -7.83. The van der Waals surface area contributed by atoms with Gasteiger partial charge in [0.05, 0.1) is 9.79 Å². The van der Waals surface area contributed by atoms with E-state index in [9.17, 15) is 26.7 Å². The monoisotopic (exact) mass is 524 g/mol. The van der Waals surface area contributed by atoms with E-state index in [-0.39, 0.29) is 40.0 Å². The summed E-state index contributed by atoms with van der Waals surface area (Å²) in [5.74, 6) is -1.33. The van der Waals surface area contributed by atoms with Crippen molar-refractivity contribution in [2.45, 2.75) is 81.0 Å². The predicted octanol–water partition coefficient (Wildman–Crippen LogP) is 3.77. The second-order valence-corrected chi connectivity index (χ2v) is 14.1. The SMILES string of the molecule is CC(C)(C)c1ccc(S(=O)(=O)NCCC[C@H](NS(=O)(=O)c2ccc(C(C)(C)C)cc2)C(=O)O)cc1. The summed E-state index contributed by atoms with van der Waals surface area (Å²) in [6.45, 7) is 12.1. The Bertz CT molecular complexity index is 1220. The van der Waals surface area contributed by atoms with Gasteiger partial charge in [-0.2, -0.15) is 4.72 Å². The Morgan fingerprint density at radius 2 is 1.17 bits per heavy atom. The van der Waals surface area contributed by atoms with Crippen LogP contribution in [0.15, 0.2) is 58.3 Å². The molecule has 0 fully saturated rings. The quantitative estimate of drug-likeness (QED) is 0.406. The number of carboxylic acid groups (broad SMARTS) is 1. The minimum Gasteiger partial charge on any atom is -0.480 e. The molecule has 0 bridgehead atoms. The highest BCUT2D eigenvalue weighted by Crippen LogP contribution is 2.24. The molecule has 10 heteroatoms. The van der Waals surface area contributed by atoms with E-state index in [0.717, 1.165) is 11.1 Å². The molecule has 8 nitrogen and oxygen atoms in total. The fraction of sp³-hybridized carbons (Fsp3) is 0.480. The molecule has 0 unspecified atom stereocenters. The van der Waals surface area contributed by atoms with Gasteiger partial charge in [-0.25, -0.2) is 21.6 Å². The number of nitrogens with one attached hydrogen (secondary N) is 2. The minimum atomic E-state index is -4.06. The largest absolute Gasteiger partial charge is 0.480 e. The topological polar surface area (TPSA) is 130 Å². The van der Waals surface area contributed by atoms with Crippen LogP contribution in [0.4, 0.5) is 0 Å². The molecule has 2 aromatic rings. The molecule has 0 aliphatic rings. The van der Waals surface area contributed by atoms with Crippen LogP contribution in [0.2, 0.25) is 0 Å². The van der Waals surface area contributed by atoms with Crippen LogP contribution in [-0.2, 0) is 35.7 Å². The van der Waals surface area contributed by atoms with Crippen molar-refractivity contribution in [2.24, 2.45) is 0 Å². The lowest BCUT2D eigenvalue weighted by Crippen LogP contribution is -2.41. The Balaban J connectivity index is 1.99. The molecular weight excluding hydrogens is 488 g/mol. The Morgan fingerprint density at radius 1 is 0.771 bits per heavy atom. The predicted molar refractivity (Wildman–Crippen MR) is 136 cm³/mol. The Hall–Kier alpha value is -2.27. The van der Waals surface area contributed by atoms with Crippen molar-refractivity contribution in [2.75, 3.05) is 6.54 Å². The second-order valence-electron chi connectivity index (χ2n) is 10.6. The van der Waals surface area contributed by atoms with Gasteiger partial charge in [-0.3, -0.25) is 4.79 Å². The van der Waals surface area contributed by atoms with Crippen molar-refractivity contribution in [1.29, 1.82) is 0 Å². The highest BCUT2D eigenvalue weighted by atomic mass is 32.2. The second kappa shape index (κ2) is 10.8. The average molecular weight is 525 g/mol. The maximum Gasteiger partial charge on any atom is 0.321 e. The van der Waals surface area contributed by atoms with E-state index in [4.69, 9.17) is 0 Å². The van der Waals surface area contributed by atoms with Crippen LogP contribution < -0.4 is 9.44 Å². The first-order chi connectivity index (χ1) is 15.9. The van der Waals surface area contributed by atoms with Crippen molar-refractivity contribution < 1.29 is 26.7 Å². The Labute approximate surface area is 209 Å². The van der Waals surface area contributed by atoms with Crippen LogP contribution >= 0.6 is 0 Å². The highest BCUT2D eigenvalue weighted by Gasteiger charge is 2.26. The molecule has 0 aromatic heterocycles. The van der Waals surface area contributed by atoms with Gasteiger partial charge in [0.2, 0.25) is 20.0 Å². The van der Waals surface area contributed by atoms with Gasteiger partial charge in [0.1, 0.15) is 6.04 Å². The molecule has 0 radical (unpaired) electrons. The number of rotatable bonds is 10. The van der Waals surface area contributed by atoms with Gasteiger partial charge in [0.25, 0.3) is 0 Å². The molecule has 194 valence electrons. The molecule has 3 N–H and O–H groups in total. The summed E-state index contributed by atoms with van der Waals surface area (Å²) in [5, 5.41) is 9.50. The lowest BCUT2D eigenvalue weighted by molar-refractivity contribution is -0.139. The third-order valence-corrected chi connectivity index (χ3v) is 8.58. The van der Waals surface area contributed by atoms with E-state index < -0.39 is 32.1 Å². The molecule has 0 saturated heterocycles. The number of carbonyl (C=O) groups is 1. The number of benzene rings is 2. The van der Waals surface area contributed by atoms with E-state index in [1.807, 2.05) is 41.5 Å². The molecule has 0 amide bonds. The molecule has 0 spiro atoms. The first-order valence-corrected chi connectivity index (χ1v) is 14.4. The number of aliphatic carboxylic acids is 1. The summed E-state index contributed by atoms with van der Waals surface area (Å²) in [4.78, 5) is 11.7. The molecule has 0 aliphatic carbocycles. The van der Waals surface area contributed by atoms with Gasteiger partial charge in [-0.1, -0.05) is 65.8 Å². The van der Waals surface area contributed by atoms with Gasteiger partial charge in [-0.05, 0) is 59.1 Å². The zero-order valence-corrected chi connectivity index (χ0v) is 22.8. The van der Waals surface area contributed by atoms with Crippen molar-refractivity contribution in [3.8, 4) is 0 Å². The maximum absolute atomic E-state index is 12.7. The van der Waals surface area contributed by atoms with Crippen LogP contribution in [0.1, 0.15) is 65.5 Å². The first kappa shape index (κ1) is 29.0. The number of hydrogen-bond acceptors (Lipinski definition) is 5. The zero-order chi connectivity index (χ0) is 26.7. The number of carboxylic acids is 1. The lowest BCUT2D eigenvalue weighted by Gasteiger charge is -2.20. The van der Waals surface area contributed by atoms with Gasteiger partial charge < -0.3 is 5.11 Å². The lowest BCUT2D eigenvalue weighted by atomic mass is 9.87. The Morgan fingerprint density at radius 3 is 1.54 bits per heavy atom. The molecule has 2 aromatic carbocycles. The fourth-order valence-corrected chi connectivity index (χ4v) is 5.65. The smallest absolute Gasteiger partial charge is 0.321 e. The summed E-state index contributed by atoms with van der Waals surface area (Å²) >= 11 is 0. The fourth-order valence-electron chi connectivity index (χ4n) is 3.35. The summed E-state index contributed by atoms with van der Waals surface area (Å²) in [5.41, 5.74) is 1.69. The van der Waals surface area contributed by atoms with Gasteiger partial charge in [0.15, 0.2) is 0 Å². The summed E-state index contributed by atoms with van der Waals surface area (Å²) in [6.07, 6.45) is 0.0435. The molecule has 0 heterocycles. The van der Waals surface area contributed by atoms with E-state index in [0.29, 0.717) is 0 Å². The molecule has 1 atom stereocenters. The third kappa shape index (κ3) is 8.13. The average Bonchev–Trinajstić information content (AvgIpc) is 2.74. The van der Waals surface area contributed by atoms with E-state index in [1.54, 1.807) is 24.3 Å². The normalized spacial score (nSPS) is 14.0. The van der Waals surface area contributed by atoms with Crippen LogP contribution in [0.3, 0.4) is 0 Å². The third-order valence-electron chi connectivity index (χ3n) is 5.62. The Kier molecular flexibility index (Phi) is 8.92. The van der Waals surface area contributed by atoms with Crippen molar-refractivity contribution in [1.82, 2.24) is 9.44 Å². The maximum atomic E-state index is 12.7. The first-order valence-electron chi connectivity index (χ1n) is 11.4. The standard InChI is InChI=1S/C25H36N2O6S2/c1-24(2,3)18-9-13-20(14-10-18)34(30,31)26-17-7-8-22(23(28)29)27-35(32,33)21-15-11-19(12-16-21)25(4,5)6/h9-16,22,26-27H,7-8,17H2,1-6H3,(H,28,29)/t22-/m0/s1. The zero-order valence-electron chi connectivity index (χ0n) is 21.1. The molecular formula is C25H36N2O6S2. The molecule has 2 rings (SSSR count). The van der Waals surface area contributed by atoms with Crippen molar-refractivity contribution >= 4 is 26.0 Å². The van der Waals surface area contributed by atoms with Crippen LogP contribution in [0.25, 0.3) is 0 Å². The van der Waals surface area contributed by atoms with E-state index in [2.05, 4.69) is 9.44 Å². The van der Waals surface area contributed by atoms with Crippen LogP contribution in [0, 0.1) is 0 Å². The van der Waals surface area contributed by atoms with E-state index >= 15 is 0 Å². The molecule has 0 aliphatic heterocycles. The summed E-state index contributed by atoms with van der Waals surface area (Å²) in [6, 6.07) is 11.5. The van der Waals surface area contributed by atoms with Crippen molar-refractivity contribution in [3.05, 3.63) is 59.7 Å². The van der Waals surface area contributed by atoms with Gasteiger partial charge in [-0.15, -0.1) is 0 Å².